The minimum atomic E-state index is -0.800. The molecule has 1 rings (SSSR count). The second kappa shape index (κ2) is 5.30. The van der Waals surface area contributed by atoms with Gasteiger partial charge in [0.05, 0.1) is 18.8 Å². The monoisotopic (exact) mass is 237 g/mol. The van der Waals surface area contributed by atoms with Crippen molar-refractivity contribution in [1.82, 2.24) is 0 Å². The Kier molecular flexibility index (Phi) is 4.05. The molecule has 0 spiro atoms. The van der Waals surface area contributed by atoms with Gasteiger partial charge in [-0.2, -0.15) is 5.26 Å². The lowest BCUT2D eigenvalue weighted by Crippen LogP contribution is -2.10. The Balaban J connectivity index is 3.29. The molecule has 4 nitrogen and oxygen atoms in total. The van der Waals surface area contributed by atoms with Gasteiger partial charge < -0.3 is 9.47 Å². The number of carbonyl (C=O) groups excluding carboxylic acids is 1. The van der Waals surface area contributed by atoms with E-state index in [9.17, 15) is 9.18 Å². The normalized spacial score (nSPS) is 9.88. The van der Waals surface area contributed by atoms with Gasteiger partial charge in [-0.3, -0.25) is 0 Å². The highest BCUT2D eigenvalue weighted by atomic mass is 19.1. The topological polar surface area (TPSA) is 59.3 Å². The Bertz CT molecular complexity index is 477. The molecule has 0 atom stereocenters. The Morgan fingerprint density at radius 3 is 2.59 bits per heavy atom. The van der Waals surface area contributed by atoms with Crippen molar-refractivity contribution >= 4 is 5.97 Å². The summed E-state index contributed by atoms with van der Waals surface area (Å²) >= 11 is 0. The van der Waals surface area contributed by atoms with Crippen LogP contribution >= 0.6 is 0 Å². The van der Waals surface area contributed by atoms with E-state index in [0.29, 0.717) is 0 Å². The Labute approximate surface area is 98.6 Å². The Hall–Kier alpha value is -2.09. The van der Waals surface area contributed by atoms with Crippen molar-refractivity contribution in [3.8, 4) is 11.8 Å². The molecule has 0 radical (unpaired) electrons. The van der Waals surface area contributed by atoms with Gasteiger partial charge in [-0.05, 0) is 26.0 Å². The number of nitriles is 1. The van der Waals surface area contributed by atoms with E-state index in [0.717, 1.165) is 6.07 Å². The van der Waals surface area contributed by atoms with Gasteiger partial charge in [-0.15, -0.1) is 0 Å². The molecule has 90 valence electrons. The van der Waals surface area contributed by atoms with Crippen molar-refractivity contribution in [2.45, 2.75) is 20.0 Å². The van der Waals surface area contributed by atoms with Gasteiger partial charge in [0.25, 0.3) is 0 Å². The Morgan fingerprint density at radius 2 is 2.12 bits per heavy atom. The van der Waals surface area contributed by atoms with Crippen LogP contribution in [0.15, 0.2) is 12.1 Å². The number of hydrogen-bond donors (Lipinski definition) is 0. The number of ether oxygens (including phenoxy) is 2. The third kappa shape index (κ3) is 2.94. The molecule has 0 aromatic heterocycles. The maximum atomic E-state index is 13.5. The number of nitrogens with zero attached hydrogens (tertiary/aromatic N) is 1. The molecular weight excluding hydrogens is 225 g/mol. The molecule has 17 heavy (non-hydrogen) atoms. The van der Waals surface area contributed by atoms with E-state index in [4.69, 9.17) is 10.00 Å². The molecule has 0 aliphatic heterocycles. The van der Waals surface area contributed by atoms with E-state index < -0.39 is 11.8 Å². The molecule has 0 amide bonds. The second-order valence-corrected chi connectivity index (χ2v) is 3.60. The van der Waals surface area contributed by atoms with E-state index in [1.54, 1.807) is 19.9 Å². The van der Waals surface area contributed by atoms with Gasteiger partial charge in [-0.1, -0.05) is 0 Å². The molecule has 0 N–H and O–H groups in total. The summed E-state index contributed by atoms with van der Waals surface area (Å²) in [6, 6.07) is 3.96. The first-order valence-corrected chi connectivity index (χ1v) is 4.98. The smallest absolute Gasteiger partial charge is 0.338 e. The lowest BCUT2D eigenvalue weighted by molar-refractivity contribution is 0.0599. The van der Waals surface area contributed by atoms with E-state index in [2.05, 4.69) is 4.74 Å². The molecule has 0 saturated carbocycles. The minimum Gasteiger partial charge on any atom is -0.489 e. The van der Waals surface area contributed by atoms with Gasteiger partial charge >= 0.3 is 5.97 Å². The average Bonchev–Trinajstić information content (AvgIpc) is 2.26. The molecule has 0 aliphatic carbocycles. The van der Waals surface area contributed by atoms with Crippen molar-refractivity contribution in [2.24, 2.45) is 0 Å². The maximum Gasteiger partial charge on any atom is 0.338 e. The second-order valence-electron chi connectivity index (χ2n) is 3.60. The number of esters is 1. The zero-order chi connectivity index (χ0) is 13.0. The number of hydrogen-bond acceptors (Lipinski definition) is 4. The lowest BCUT2D eigenvalue weighted by atomic mass is 10.1. The zero-order valence-corrected chi connectivity index (χ0v) is 9.78. The zero-order valence-electron chi connectivity index (χ0n) is 9.78. The van der Waals surface area contributed by atoms with E-state index in [-0.39, 0.29) is 23.0 Å². The van der Waals surface area contributed by atoms with Crippen molar-refractivity contribution < 1.29 is 18.7 Å². The van der Waals surface area contributed by atoms with Gasteiger partial charge in [0, 0.05) is 0 Å². The van der Waals surface area contributed by atoms with Crippen LogP contribution in [0.4, 0.5) is 4.39 Å². The predicted octanol–water partition coefficient (Wildman–Crippen LogP) is 2.27. The summed E-state index contributed by atoms with van der Waals surface area (Å²) in [5, 5.41) is 8.81. The summed E-state index contributed by atoms with van der Waals surface area (Å²) in [4.78, 5) is 11.3. The molecule has 0 saturated heterocycles. The number of halogens is 1. The van der Waals surface area contributed by atoms with Crippen LogP contribution in [0.1, 0.15) is 29.8 Å². The van der Waals surface area contributed by atoms with Crippen LogP contribution in [0.3, 0.4) is 0 Å². The van der Waals surface area contributed by atoms with Crippen molar-refractivity contribution in [1.29, 1.82) is 5.26 Å². The summed E-state index contributed by atoms with van der Waals surface area (Å²) in [7, 11) is 1.20. The van der Waals surface area contributed by atoms with Gasteiger partial charge in [0.1, 0.15) is 23.2 Å². The highest BCUT2D eigenvalue weighted by molar-refractivity contribution is 5.90. The summed E-state index contributed by atoms with van der Waals surface area (Å²) in [5.74, 6) is -1.43. The van der Waals surface area contributed by atoms with Crippen LogP contribution in [0.25, 0.3) is 0 Å². The first kappa shape index (κ1) is 13.0. The lowest BCUT2D eigenvalue weighted by Gasteiger charge is -2.12. The molecule has 0 fully saturated rings. The van der Waals surface area contributed by atoms with E-state index >= 15 is 0 Å². The quantitative estimate of drug-likeness (QED) is 0.756. The van der Waals surface area contributed by atoms with Crippen molar-refractivity contribution in [3.05, 3.63) is 29.1 Å². The SMILES string of the molecule is COC(=O)c1cc(F)c(C#N)c(OC(C)C)c1. The fourth-order valence-electron chi connectivity index (χ4n) is 1.27. The third-order valence-corrected chi connectivity index (χ3v) is 1.95. The Morgan fingerprint density at radius 1 is 1.47 bits per heavy atom. The molecule has 0 bridgehead atoms. The molecule has 0 unspecified atom stereocenters. The molecule has 1 aromatic carbocycles. The van der Waals surface area contributed by atoms with Gasteiger partial charge in [0.2, 0.25) is 0 Å². The van der Waals surface area contributed by atoms with Gasteiger partial charge in [0.15, 0.2) is 0 Å². The van der Waals surface area contributed by atoms with Crippen LogP contribution in [0.5, 0.6) is 5.75 Å². The predicted molar refractivity (Wildman–Crippen MR) is 58.2 cm³/mol. The molecule has 0 heterocycles. The molecule has 5 heteroatoms. The fraction of sp³-hybridized carbons (Fsp3) is 0.333. The number of benzene rings is 1. The standard InChI is InChI=1S/C12H12FNO3/c1-7(2)17-11-5-8(12(15)16-3)4-10(13)9(11)6-14/h4-5,7H,1-3H3. The van der Waals surface area contributed by atoms with Crippen molar-refractivity contribution in [2.75, 3.05) is 7.11 Å². The maximum absolute atomic E-state index is 13.5. The summed E-state index contributed by atoms with van der Waals surface area (Å²) in [6.07, 6.45) is -0.227. The van der Waals surface area contributed by atoms with Crippen molar-refractivity contribution in [3.63, 3.8) is 0 Å². The first-order chi connectivity index (χ1) is 7.99. The minimum absolute atomic E-state index is 0.0136. The molecule has 1 aromatic rings. The van der Waals surface area contributed by atoms with Crippen LogP contribution < -0.4 is 4.74 Å². The molecule has 0 aliphatic rings. The highest BCUT2D eigenvalue weighted by Gasteiger charge is 2.17. The summed E-state index contributed by atoms with van der Waals surface area (Å²) in [6.45, 7) is 3.48. The first-order valence-electron chi connectivity index (χ1n) is 4.98. The van der Waals surface area contributed by atoms with Gasteiger partial charge in [-0.25, -0.2) is 9.18 Å². The fourth-order valence-corrected chi connectivity index (χ4v) is 1.27. The van der Waals surface area contributed by atoms with Crippen LogP contribution in [-0.2, 0) is 4.74 Å². The number of carbonyl (C=O) groups is 1. The highest BCUT2D eigenvalue weighted by Crippen LogP contribution is 2.24. The van der Waals surface area contributed by atoms with E-state index in [1.165, 1.54) is 13.2 Å². The van der Waals surface area contributed by atoms with Crippen LogP contribution in [0, 0.1) is 17.1 Å². The molecular formula is C12H12FNO3. The van der Waals surface area contributed by atoms with E-state index in [1.807, 2.05) is 0 Å². The number of methoxy groups -OCH3 is 1. The average molecular weight is 237 g/mol. The number of rotatable bonds is 3. The largest absolute Gasteiger partial charge is 0.489 e. The van der Waals surface area contributed by atoms with Crippen LogP contribution in [0.2, 0.25) is 0 Å². The summed E-state index contributed by atoms with van der Waals surface area (Å²) in [5.41, 5.74) is -0.203. The summed E-state index contributed by atoms with van der Waals surface area (Å²) < 4.78 is 23.3. The van der Waals surface area contributed by atoms with Crippen LogP contribution in [-0.4, -0.2) is 19.2 Å². The third-order valence-electron chi connectivity index (χ3n) is 1.95.